The molecule has 9 nitrogen and oxygen atoms in total. The van der Waals surface area contributed by atoms with E-state index in [0.29, 0.717) is 5.56 Å². The first-order valence-electron chi connectivity index (χ1n) is 8.65. The average molecular weight is 412 g/mol. The quantitative estimate of drug-likeness (QED) is 0.521. The van der Waals surface area contributed by atoms with Crippen molar-refractivity contribution < 1.29 is 23.5 Å². The van der Waals surface area contributed by atoms with Crippen LogP contribution in [-0.4, -0.2) is 41.4 Å². The first-order chi connectivity index (χ1) is 14.4. The van der Waals surface area contributed by atoms with Crippen LogP contribution >= 0.6 is 0 Å². The maximum absolute atomic E-state index is 13.6. The lowest BCUT2D eigenvalue weighted by Crippen LogP contribution is -2.16. The fourth-order valence-corrected chi connectivity index (χ4v) is 3.03. The minimum absolute atomic E-state index is 0.0392. The van der Waals surface area contributed by atoms with Gasteiger partial charge in [-0.2, -0.15) is 10.2 Å². The first kappa shape index (κ1) is 19.2. The first-order valence-corrected chi connectivity index (χ1v) is 8.65. The Kier molecular flexibility index (Phi) is 4.70. The predicted molar refractivity (Wildman–Crippen MR) is 102 cm³/mol. The number of aromatic nitrogens is 5. The number of carboxylic acids is 1. The standard InChI is InChI=1S/C19H14F2N6O3/c1-26-15(19(29)30)13(9-22-26)25-18(28)11-8-23-27-14(16(20)21)7-12(24-17(11)27)10-5-3-2-4-6-10/h2-9,16H,1H3,(H,25,28)(H,29,30). The van der Waals surface area contributed by atoms with Crippen molar-refractivity contribution in [1.82, 2.24) is 24.4 Å². The second kappa shape index (κ2) is 7.35. The van der Waals surface area contributed by atoms with Gasteiger partial charge in [-0.05, 0) is 6.07 Å². The summed E-state index contributed by atoms with van der Waals surface area (Å²) in [5, 5.41) is 19.4. The van der Waals surface area contributed by atoms with Gasteiger partial charge in [0.1, 0.15) is 11.3 Å². The molecule has 11 heteroatoms. The van der Waals surface area contributed by atoms with Gasteiger partial charge in [-0.1, -0.05) is 30.3 Å². The molecule has 0 spiro atoms. The molecule has 2 N–H and O–H groups in total. The number of fused-ring (bicyclic) bond motifs is 1. The number of anilines is 1. The number of rotatable bonds is 5. The molecule has 0 saturated carbocycles. The van der Waals surface area contributed by atoms with Crippen LogP contribution in [0.1, 0.15) is 33.0 Å². The van der Waals surface area contributed by atoms with Gasteiger partial charge in [0.2, 0.25) is 0 Å². The van der Waals surface area contributed by atoms with Crippen molar-refractivity contribution in [1.29, 1.82) is 0 Å². The fourth-order valence-electron chi connectivity index (χ4n) is 3.03. The van der Waals surface area contributed by atoms with E-state index < -0.39 is 24.0 Å². The Morgan fingerprint density at radius 2 is 1.87 bits per heavy atom. The number of amides is 1. The molecule has 3 heterocycles. The summed E-state index contributed by atoms with van der Waals surface area (Å²) >= 11 is 0. The van der Waals surface area contributed by atoms with Crippen molar-refractivity contribution in [2.24, 2.45) is 7.05 Å². The number of nitrogens with one attached hydrogen (secondary N) is 1. The minimum Gasteiger partial charge on any atom is -0.476 e. The van der Waals surface area contributed by atoms with E-state index in [2.05, 4.69) is 20.5 Å². The molecule has 0 bridgehead atoms. The average Bonchev–Trinajstić information content (AvgIpc) is 3.31. The summed E-state index contributed by atoms with van der Waals surface area (Å²) in [6.07, 6.45) is -0.569. The molecular formula is C19H14F2N6O3. The van der Waals surface area contributed by atoms with Crippen LogP contribution in [0.25, 0.3) is 16.9 Å². The number of nitrogens with zero attached hydrogens (tertiary/aromatic N) is 5. The Labute approximate surface area is 167 Å². The normalized spacial score (nSPS) is 11.2. The van der Waals surface area contributed by atoms with Gasteiger partial charge in [0.05, 0.1) is 23.8 Å². The minimum atomic E-state index is -2.86. The van der Waals surface area contributed by atoms with E-state index in [4.69, 9.17) is 0 Å². The molecule has 4 rings (SSSR count). The van der Waals surface area contributed by atoms with E-state index in [1.54, 1.807) is 30.3 Å². The molecule has 1 amide bonds. The summed E-state index contributed by atoms with van der Waals surface area (Å²) in [5.41, 5.74) is -0.0191. The molecule has 0 fully saturated rings. The summed E-state index contributed by atoms with van der Waals surface area (Å²) in [7, 11) is 1.41. The summed E-state index contributed by atoms with van der Waals surface area (Å²) in [6, 6.07) is 9.89. The number of carbonyl (C=O) groups is 2. The van der Waals surface area contributed by atoms with Crippen molar-refractivity contribution in [3.05, 3.63) is 65.7 Å². The number of aryl methyl sites for hydroxylation is 1. The highest BCUT2D eigenvalue weighted by Gasteiger charge is 2.24. The Hall–Kier alpha value is -4.15. The molecule has 152 valence electrons. The molecule has 0 radical (unpaired) electrons. The van der Waals surface area contributed by atoms with Gasteiger partial charge in [0, 0.05) is 12.6 Å². The van der Waals surface area contributed by atoms with Crippen LogP contribution < -0.4 is 5.32 Å². The lowest BCUT2D eigenvalue weighted by molar-refractivity contribution is 0.0686. The number of benzene rings is 1. The highest BCUT2D eigenvalue weighted by atomic mass is 19.3. The predicted octanol–water partition coefficient (Wildman–Crippen LogP) is 3.02. The van der Waals surface area contributed by atoms with Gasteiger partial charge in [-0.25, -0.2) is 23.1 Å². The lowest BCUT2D eigenvalue weighted by atomic mass is 10.1. The third-order valence-corrected chi connectivity index (χ3v) is 4.43. The summed E-state index contributed by atoms with van der Waals surface area (Å²) in [4.78, 5) is 28.5. The van der Waals surface area contributed by atoms with Crippen LogP contribution in [-0.2, 0) is 7.05 Å². The Bertz CT molecular complexity index is 1270. The molecule has 0 aliphatic carbocycles. The third kappa shape index (κ3) is 3.26. The molecule has 0 aliphatic rings. The molecule has 4 aromatic rings. The van der Waals surface area contributed by atoms with Gasteiger partial charge in [0.25, 0.3) is 12.3 Å². The molecule has 0 atom stereocenters. The smallest absolute Gasteiger partial charge is 0.356 e. The van der Waals surface area contributed by atoms with Crippen LogP contribution in [0.4, 0.5) is 14.5 Å². The monoisotopic (exact) mass is 412 g/mol. The van der Waals surface area contributed by atoms with Crippen molar-refractivity contribution in [3.63, 3.8) is 0 Å². The van der Waals surface area contributed by atoms with Gasteiger partial charge in [-0.15, -0.1) is 0 Å². The Morgan fingerprint density at radius 1 is 1.13 bits per heavy atom. The highest BCUT2D eigenvalue weighted by molar-refractivity contribution is 6.10. The SMILES string of the molecule is Cn1ncc(NC(=O)c2cnn3c(C(F)F)cc(-c4ccccc4)nc23)c1C(=O)O. The Morgan fingerprint density at radius 3 is 2.53 bits per heavy atom. The fraction of sp³-hybridized carbons (Fsp3) is 0.105. The second-order valence-electron chi connectivity index (χ2n) is 6.32. The van der Waals surface area contributed by atoms with Crippen LogP contribution in [0, 0.1) is 0 Å². The molecule has 30 heavy (non-hydrogen) atoms. The molecule has 0 unspecified atom stereocenters. The van der Waals surface area contributed by atoms with E-state index in [0.717, 1.165) is 15.4 Å². The van der Waals surface area contributed by atoms with Gasteiger partial charge in [0.15, 0.2) is 11.3 Å². The van der Waals surface area contributed by atoms with Crippen molar-refractivity contribution in [2.45, 2.75) is 6.43 Å². The molecule has 1 aromatic carbocycles. The van der Waals surface area contributed by atoms with Crippen LogP contribution in [0.3, 0.4) is 0 Å². The zero-order chi connectivity index (χ0) is 21.4. The van der Waals surface area contributed by atoms with Gasteiger partial charge >= 0.3 is 5.97 Å². The van der Waals surface area contributed by atoms with Crippen LogP contribution in [0.2, 0.25) is 0 Å². The maximum Gasteiger partial charge on any atom is 0.356 e. The molecule has 0 aliphatic heterocycles. The van der Waals surface area contributed by atoms with Crippen molar-refractivity contribution in [3.8, 4) is 11.3 Å². The lowest BCUT2D eigenvalue weighted by Gasteiger charge is -2.09. The molecular weight excluding hydrogens is 398 g/mol. The van der Waals surface area contributed by atoms with E-state index in [9.17, 15) is 23.5 Å². The second-order valence-corrected chi connectivity index (χ2v) is 6.32. The van der Waals surface area contributed by atoms with E-state index in [1.807, 2.05) is 0 Å². The van der Waals surface area contributed by atoms with Crippen molar-refractivity contribution in [2.75, 3.05) is 5.32 Å². The number of hydrogen-bond donors (Lipinski definition) is 2. The number of alkyl halides is 2. The van der Waals surface area contributed by atoms with Crippen molar-refractivity contribution >= 4 is 23.2 Å². The van der Waals surface area contributed by atoms with E-state index in [-0.39, 0.29) is 28.3 Å². The van der Waals surface area contributed by atoms with Gasteiger partial charge in [-0.3, -0.25) is 9.48 Å². The number of carbonyl (C=O) groups excluding carboxylic acids is 1. The maximum atomic E-state index is 13.6. The zero-order valence-corrected chi connectivity index (χ0v) is 15.5. The van der Waals surface area contributed by atoms with E-state index in [1.165, 1.54) is 19.3 Å². The topological polar surface area (TPSA) is 114 Å². The van der Waals surface area contributed by atoms with Gasteiger partial charge < -0.3 is 10.4 Å². The third-order valence-electron chi connectivity index (χ3n) is 4.43. The number of halogens is 2. The largest absolute Gasteiger partial charge is 0.476 e. The van der Waals surface area contributed by atoms with E-state index >= 15 is 0 Å². The molecule has 0 saturated heterocycles. The molecule has 3 aromatic heterocycles. The number of hydrogen-bond acceptors (Lipinski definition) is 5. The van der Waals surface area contributed by atoms with Crippen LogP contribution in [0.15, 0.2) is 48.8 Å². The summed E-state index contributed by atoms with van der Waals surface area (Å²) in [5.74, 6) is -2.03. The summed E-state index contributed by atoms with van der Waals surface area (Å²) < 4.78 is 29.2. The summed E-state index contributed by atoms with van der Waals surface area (Å²) in [6.45, 7) is 0. The zero-order valence-electron chi connectivity index (χ0n) is 15.5. The Balaban J connectivity index is 1.81. The number of carboxylic acid groups (broad SMARTS) is 1. The highest BCUT2D eigenvalue weighted by Crippen LogP contribution is 2.27. The number of aromatic carboxylic acids is 1. The van der Waals surface area contributed by atoms with Crippen LogP contribution in [0.5, 0.6) is 0 Å².